The third kappa shape index (κ3) is 3.08. The largest absolute Gasteiger partial charge is 0.384 e. The van der Waals surface area contributed by atoms with Gasteiger partial charge in [0.2, 0.25) is 0 Å². The highest BCUT2D eigenvalue weighted by Gasteiger charge is 1.99. The predicted molar refractivity (Wildman–Crippen MR) is 62.2 cm³/mol. The molecular weight excluding hydrogens is 186 g/mol. The van der Waals surface area contributed by atoms with Gasteiger partial charge in [0, 0.05) is 11.8 Å². The smallest absolute Gasteiger partial charge is 0.104 e. The van der Waals surface area contributed by atoms with E-state index in [0.717, 1.165) is 23.2 Å². The van der Waals surface area contributed by atoms with Crippen LogP contribution in [0.15, 0.2) is 31.5 Å². The minimum absolute atomic E-state index is 0.139. The van der Waals surface area contributed by atoms with Crippen LogP contribution in [0.1, 0.15) is 16.8 Å². The molecule has 0 fully saturated rings. The summed E-state index contributed by atoms with van der Waals surface area (Å²) in [6, 6.07) is 1.94. The summed E-state index contributed by atoms with van der Waals surface area (Å²) in [5.41, 5.74) is 2.70. The average Bonchev–Trinajstić information content (AvgIpc) is 2.27. The van der Waals surface area contributed by atoms with Crippen LogP contribution in [-0.4, -0.2) is 16.7 Å². The molecule has 76 valence electrons. The molecule has 0 amide bonds. The van der Waals surface area contributed by atoms with Crippen LogP contribution in [0.2, 0.25) is 0 Å². The number of nitrogens with zero attached hydrogens (tertiary/aromatic N) is 1. The molecule has 0 saturated carbocycles. The van der Waals surface area contributed by atoms with Crippen molar-refractivity contribution < 1.29 is 5.11 Å². The molecule has 0 spiro atoms. The SMILES string of the molecule is C=CCc1cc(C#CCO)cnc1C=C. The van der Waals surface area contributed by atoms with Crippen molar-refractivity contribution in [3.05, 3.63) is 48.3 Å². The van der Waals surface area contributed by atoms with Crippen LogP contribution < -0.4 is 0 Å². The fourth-order valence-electron chi connectivity index (χ4n) is 1.23. The topological polar surface area (TPSA) is 33.1 Å². The van der Waals surface area contributed by atoms with E-state index in [1.54, 1.807) is 12.3 Å². The molecule has 1 heterocycles. The monoisotopic (exact) mass is 199 g/mol. The molecule has 0 aliphatic rings. The van der Waals surface area contributed by atoms with Gasteiger partial charge in [-0.15, -0.1) is 6.58 Å². The number of aromatic nitrogens is 1. The van der Waals surface area contributed by atoms with E-state index in [0.29, 0.717) is 0 Å². The number of hydrogen-bond donors (Lipinski definition) is 1. The molecule has 0 saturated heterocycles. The molecule has 1 rings (SSSR count). The van der Waals surface area contributed by atoms with Gasteiger partial charge in [0.15, 0.2) is 0 Å². The second-order valence-electron chi connectivity index (χ2n) is 2.93. The predicted octanol–water partition coefficient (Wildman–Crippen LogP) is 1.80. The van der Waals surface area contributed by atoms with E-state index < -0.39 is 0 Å². The van der Waals surface area contributed by atoms with Gasteiger partial charge in [-0.3, -0.25) is 4.98 Å². The van der Waals surface area contributed by atoms with Crippen LogP contribution in [-0.2, 0) is 6.42 Å². The van der Waals surface area contributed by atoms with Crippen molar-refractivity contribution >= 4 is 6.08 Å². The highest BCUT2D eigenvalue weighted by Crippen LogP contribution is 2.10. The Morgan fingerprint density at radius 2 is 2.27 bits per heavy atom. The first-order valence-corrected chi connectivity index (χ1v) is 4.63. The van der Waals surface area contributed by atoms with E-state index in [1.807, 2.05) is 12.1 Å². The van der Waals surface area contributed by atoms with Crippen molar-refractivity contribution in [1.82, 2.24) is 4.98 Å². The Hall–Kier alpha value is -1.85. The third-order valence-electron chi connectivity index (χ3n) is 1.87. The van der Waals surface area contributed by atoms with Crippen molar-refractivity contribution in [1.29, 1.82) is 0 Å². The molecule has 0 aliphatic carbocycles. The van der Waals surface area contributed by atoms with E-state index in [1.165, 1.54) is 0 Å². The second kappa shape index (κ2) is 5.79. The summed E-state index contributed by atoms with van der Waals surface area (Å²) in [7, 11) is 0. The summed E-state index contributed by atoms with van der Waals surface area (Å²) in [5, 5.41) is 8.57. The normalized spacial score (nSPS) is 8.87. The molecule has 0 aliphatic heterocycles. The van der Waals surface area contributed by atoms with Crippen LogP contribution in [0.4, 0.5) is 0 Å². The van der Waals surface area contributed by atoms with Crippen molar-refractivity contribution in [2.24, 2.45) is 0 Å². The Bertz CT molecular complexity index is 424. The van der Waals surface area contributed by atoms with Crippen LogP contribution in [0, 0.1) is 11.8 Å². The summed E-state index contributed by atoms with van der Waals surface area (Å²) < 4.78 is 0. The van der Waals surface area contributed by atoms with Crippen molar-refractivity contribution in [3.63, 3.8) is 0 Å². The van der Waals surface area contributed by atoms with Crippen LogP contribution >= 0.6 is 0 Å². The van der Waals surface area contributed by atoms with Crippen molar-refractivity contribution in [2.75, 3.05) is 6.61 Å². The molecule has 1 aromatic heterocycles. The zero-order valence-corrected chi connectivity index (χ0v) is 8.53. The fraction of sp³-hybridized carbons (Fsp3) is 0.154. The maximum Gasteiger partial charge on any atom is 0.104 e. The van der Waals surface area contributed by atoms with Crippen molar-refractivity contribution in [3.8, 4) is 11.8 Å². The van der Waals surface area contributed by atoms with E-state index >= 15 is 0 Å². The van der Waals surface area contributed by atoms with Crippen molar-refractivity contribution in [2.45, 2.75) is 6.42 Å². The molecule has 0 unspecified atom stereocenters. The van der Waals surface area contributed by atoms with Gasteiger partial charge in [0.25, 0.3) is 0 Å². The zero-order valence-electron chi connectivity index (χ0n) is 8.53. The lowest BCUT2D eigenvalue weighted by atomic mass is 10.1. The first-order chi connectivity index (χ1) is 7.31. The third-order valence-corrected chi connectivity index (χ3v) is 1.87. The molecule has 2 nitrogen and oxygen atoms in total. The van der Waals surface area contributed by atoms with Gasteiger partial charge in [0.05, 0.1) is 5.69 Å². The van der Waals surface area contributed by atoms with Crippen LogP contribution in [0.5, 0.6) is 0 Å². The zero-order chi connectivity index (χ0) is 11.1. The Labute approximate surface area is 90.0 Å². The van der Waals surface area contributed by atoms with Gasteiger partial charge in [0.1, 0.15) is 6.61 Å². The summed E-state index contributed by atoms with van der Waals surface area (Å²) >= 11 is 0. The van der Waals surface area contributed by atoms with E-state index in [4.69, 9.17) is 5.11 Å². The first-order valence-electron chi connectivity index (χ1n) is 4.63. The minimum atomic E-state index is -0.139. The highest BCUT2D eigenvalue weighted by molar-refractivity contribution is 5.50. The van der Waals surface area contributed by atoms with Crippen LogP contribution in [0.25, 0.3) is 6.08 Å². The number of allylic oxidation sites excluding steroid dienone is 1. The van der Waals surface area contributed by atoms with Gasteiger partial charge in [-0.05, 0) is 24.1 Å². The number of rotatable bonds is 3. The molecule has 1 aromatic rings. The summed E-state index contributed by atoms with van der Waals surface area (Å²) in [6.45, 7) is 7.24. The van der Waals surface area contributed by atoms with E-state index in [-0.39, 0.29) is 6.61 Å². The Morgan fingerprint density at radius 1 is 1.47 bits per heavy atom. The first kappa shape index (κ1) is 11.2. The lowest BCUT2D eigenvalue weighted by Crippen LogP contribution is -1.92. The van der Waals surface area contributed by atoms with E-state index in [9.17, 15) is 0 Å². The molecule has 0 bridgehead atoms. The Morgan fingerprint density at radius 3 is 2.87 bits per heavy atom. The van der Waals surface area contributed by atoms with E-state index in [2.05, 4.69) is 30.0 Å². The standard InChI is InChI=1S/C13H13NO/c1-3-6-12-9-11(7-5-8-15)10-14-13(12)4-2/h3-4,9-10,15H,1-2,6,8H2. The number of pyridine rings is 1. The van der Waals surface area contributed by atoms with Gasteiger partial charge >= 0.3 is 0 Å². The molecule has 0 aromatic carbocycles. The number of hydrogen-bond acceptors (Lipinski definition) is 2. The molecule has 0 radical (unpaired) electrons. The van der Waals surface area contributed by atoms with Crippen LogP contribution in [0.3, 0.4) is 0 Å². The summed E-state index contributed by atoms with van der Waals surface area (Å²) in [5.74, 6) is 5.40. The lowest BCUT2D eigenvalue weighted by Gasteiger charge is -2.02. The molecule has 0 atom stereocenters. The maximum atomic E-state index is 8.57. The van der Waals surface area contributed by atoms with Gasteiger partial charge < -0.3 is 5.11 Å². The Kier molecular flexibility index (Phi) is 4.33. The fourth-order valence-corrected chi connectivity index (χ4v) is 1.23. The number of aliphatic hydroxyl groups is 1. The minimum Gasteiger partial charge on any atom is -0.384 e. The lowest BCUT2D eigenvalue weighted by molar-refractivity contribution is 0.350. The Balaban J connectivity index is 3.09. The molecule has 2 heteroatoms. The molecule has 1 N–H and O–H groups in total. The second-order valence-corrected chi connectivity index (χ2v) is 2.93. The maximum absolute atomic E-state index is 8.57. The highest BCUT2D eigenvalue weighted by atomic mass is 16.2. The quantitative estimate of drug-likeness (QED) is 0.594. The average molecular weight is 199 g/mol. The van der Waals surface area contributed by atoms with Gasteiger partial charge in [-0.25, -0.2) is 0 Å². The number of aliphatic hydroxyl groups excluding tert-OH is 1. The van der Waals surface area contributed by atoms with Gasteiger partial charge in [-0.2, -0.15) is 0 Å². The summed E-state index contributed by atoms with van der Waals surface area (Å²) in [6.07, 6.45) is 5.94. The molecule has 15 heavy (non-hydrogen) atoms. The summed E-state index contributed by atoms with van der Waals surface area (Å²) in [4.78, 5) is 4.22. The van der Waals surface area contributed by atoms with Gasteiger partial charge in [-0.1, -0.05) is 24.5 Å². The molecular formula is C13H13NO.